The molecule has 0 aliphatic rings. The molecule has 0 aromatic rings. The quantitative estimate of drug-likeness (QED) is 0.582. The molecule has 0 aromatic heterocycles. The molecule has 0 aliphatic heterocycles. The van der Waals surface area contributed by atoms with Crippen molar-refractivity contribution in [3.8, 4) is 0 Å². The Kier molecular flexibility index (Phi) is 11.9. The minimum Gasteiger partial charge on any atom is -0.383 e. The second kappa shape index (κ2) is 11.9. The van der Waals surface area contributed by atoms with E-state index in [1.807, 2.05) is 0 Å². The van der Waals surface area contributed by atoms with E-state index in [0.717, 1.165) is 25.6 Å². The third-order valence-electron chi connectivity index (χ3n) is 3.09. The van der Waals surface area contributed by atoms with Gasteiger partial charge in [-0.3, -0.25) is 0 Å². The molecule has 1 atom stereocenters. The molecule has 1 N–H and O–H groups in total. The Bertz CT molecular complexity index is 174. The third-order valence-corrected chi connectivity index (χ3v) is 3.09. The highest BCUT2D eigenvalue weighted by atomic mass is 16.5. The SMILES string of the molecule is CCCNC(C)CCCN(CCOC)CC(C)C. The molecule has 0 aliphatic carbocycles. The van der Waals surface area contributed by atoms with E-state index < -0.39 is 0 Å². The molecule has 110 valence electrons. The Hall–Kier alpha value is -0.120. The standard InChI is InChI=1S/C15H34N2O/c1-6-9-16-15(4)8-7-10-17(11-12-18-5)13-14(2)3/h14-16H,6-13H2,1-5H3. The van der Waals surface area contributed by atoms with Crippen LogP contribution in [0, 0.1) is 5.92 Å². The van der Waals surface area contributed by atoms with Crippen molar-refractivity contribution < 1.29 is 4.74 Å². The number of methoxy groups -OCH3 is 1. The monoisotopic (exact) mass is 258 g/mol. The van der Waals surface area contributed by atoms with Crippen LogP contribution >= 0.6 is 0 Å². The molecule has 0 fully saturated rings. The van der Waals surface area contributed by atoms with Crippen LogP contribution in [0.2, 0.25) is 0 Å². The van der Waals surface area contributed by atoms with E-state index in [0.29, 0.717) is 6.04 Å². The molecule has 0 amide bonds. The Morgan fingerprint density at radius 3 is 2.44 bits per heavy atom. The number of nitrogens with one attached hydrogen (secondary N) is 1. The van der Waals surface area contributed by atoms with Crippen LogP contribution in [-0.4, -0.2) is 50.8 Å². The van der Waals surface area contributed by atoms with Gasteiger partial charge in [-0.05, 0) is 45.2 Å². The second-order valence-electron chi connectivity index (χ2n) is 5.68. The van der Waals surface area contributed by atoms with Gasteiger partial charge in [-0.15, -0.1) is 0 Å². The maximum atomic E-state index is 5.18. The molecule has 0 aromatic carbocycles. The Balaban J connectivity index is 3.73. The lowest BCUT2D eigenvalue weighted by atomic mass is 10.1. The van der Waals surface area contributed by atoms with Crippen molar-refractivity contribution in [3.05, 3.63) is 0 Å². The van der Waals surface area contributed by atoms with Gasteiger partial charge in [0.15, 0.2) is 0 Å². The summed E-state index contributed by atoms with van der Waals surface area (Å²) < 4.78 is 5.18. The van der Waals surface area contributed by atoms with Crippen molar-refractivity contribution in [2.75, 3.05) is 39.9 Å². The van der Waals surface area contributed by atoms with Crippen LogP contribution in [0.4, 0.5) is 0 Å². The van der Waals surface area contributed by atoms with E-state index in [1.165, 1.54) is 32.4 Å². The maximum absolute atomic E-state index is 5.18. The van der Waals surface area contributed by atoms with Crippen LogP contribution in [-0.2, 0) is 4.74 Å². The second-order valence-corrected chi connectivity index (χ2v) is 5.68. The van der Waals surface area contributed by atoms with Crippen molar-refractivity contribution in [1.82, 2.24) is 10.2 Å². The smallest absolute Gasteiger partial charge is 0.0589 e. The highest BCUT2D eigenvalue weighted by Gasteiger charge is 2.08. The van der Waals surface area contributed by atoms with Gasteiger partial charge < -0.3 is 15.0 Å². The zero-order chi connectivity index (χ0) is 13.8. The van der Waals surface area contributed by atoms with E-state index in [9.17, 15) is 0 Å². The van der Waals surface area contributed by atoms with Crippen molar-refractivity contribution in [2.45, 2.75) is 53.0 Å². The summed E-state index contributed by atoms with van der Waals surface area (Å²) in [5.74, 6) is 0.734. The zero-order valence-corrected chi connectivity index (χ0v) is 13.2. The van der Waals surface area contributed by atoms with Gasteiger partial charge in [0.05, 0.1) is 6.61 Å². The summed E-state index contributed by atoms with van der Waals surface area (Å²) in [6, 6.07) is 0.647. The summed E-state index contributed by atoms with van der Waals surface area (Å²) in [6.45, 7) is 14.5. The highest BCUT2D eigenvalue weighted by molar-refractivity contribution is 4.64. The molecule has 3 nitrogen and oxygen atoms in total. The zero-order valence-electron chi connectivity index (χ0n) is 13.2. The van der Waals surface area contributed by atoms with Gasteiger partial charge in [0, 0.05) is 26.2 Å². The Morgan fingerprint density at radius 1 is 1.17 bits per heavy atom. The van der Waals surface area contributed by atoms with Gasteiger partial charge in [0.25, 0.3) is 0 Å². The molecular formula is C15H34N2O. The lowest BCUT2D eigenvalue weighted by Crippen LogP contribution is -2.33. The molecule has 1 unspecified atom stereocenters. The van der Waals surface area contributed by atoms with E-state index in [2.05, 4.69) is 37.9 Å². The van der Waals surface area contributed by atoms with Crippen molar-refractivity contribution in [3.63, 3.8) is 0 Å². The first kappa shape index (κ1) is 17.9. The summed E-state index contributed by atoms with van der Waals surface area (Å²) in [5, 5.41) is 3.55. The molecule has 0 heterocycles. The molecule has 3 heteroatoms. The highest BCUT2D eigenvalue weighted by Crippen LogP contribution is 2.03. The van der Waals surface area contributed by atoms with Crippen molar-refractivity contribution >= 4 is 0 Å². The molecule has 18 heavy (non-hydrogen) atoms. The van der Waals surface area contributed by atoms with Crippen molar-refractivity contribution in [2.24, 2.45) is 5.92 Å². The lowest BCUT2D eigenvalue weighted by molar-refractivity contribution is 0.138. The van der Waals surface area contributed by atoms with Crippen LogP contribution in [0.15, 0.2) is 0 Å². The molecule has 0 rings (SSSR count). The molecule has 0 radical (unpaired) electrons. The number of nitrogens with zero attached hydrogens (tertiary/aromatic N) is 1. The maximum Gasteiger partial charge on any atom is 0.0589 e. The van der Waals surface area contributed by atoms with E-state index >= 15 is 0 Å². The summed E-state index contributed by atoms with van der Waals surface area (Å²) in [6.07, 6.45) is 3.76. The number of hydrogen-bond donors (Lipinski definition) is 1. The molecule has 0 saturated carbocycles. The fourth-order valence-corrected chi connectivity index (χ4v) is 2.15. The molecule has 0 saturated heterocycles. The first-order chi connectivity index (χ1) is 8.60. The topological polar surface area (TPSA) is 24.5 Å². The summed E-state index contributed by atoms with van der Waals surface area (Å²) in [5.41, 5.74) is 0. The predicted octanol–water partition coefficient (Wildman–Crippen LogP) is 2.76. The normalized spacial score (nSPS) is 13.5. The first-order valence-corrected chi connectivity index (χ1v) is 7.54. The average Bonchev–Trinajstić information content (AvgIpc) is 2.32. The fraction of sp³-hybridized carbons (Fsp3) is 1.00. The summed E-state index contributed by atoms with van der Waals surface area (Å²) >= 11 is 0. The van der Waals surface area contributed by atoms with Crippen LogP contribution in [0.5, 0.6) is 0 Å². The van der Waals surface area contributed by atoms with E-state index in [1.54, 1.807) is 7.11 Å². The third kappa shape index (κ3) is 11.0. The van der Waals surface area contributed by atoms with Gasteiger partial charge in [-0.25, -0.2) is 0 Å². The van der Waals surface area contributed by atoms with Crippen molar-refractivity contribution in [1.29, 1.82) is 0 Å². The Morgan fingerprint density at radius 2 is 1.89 bits per heavy atom. The molecular weight excluding hydrogens is 224 g/mol. The molecule has 0 spiro atoms. The number of ether oxygens (including phenoxy) is 1. The van der Waals surface area contributed by atoms with Crippen LogP contribution in [0.25, 0.3) is 0 Å². The summed E-state index contributed by atoms with van der Waals surface area (Å²) in [4.78, 5) is 2.53. The van der Waals surface area contributed by atoms with E-state index in [4.69, 9.17) is 4.74 Å². The van der Waals surface area contributed by atoms with Gasteiger partial charge in [-0.2, -0.15) is 0 Å². The van der Waals surface area contributed by atoms with Gasteiger partial charge in [0.2, 0.25) is 0 Å². The summed E-state index contributed by atoms with van der Waals surface area (Å²) in [7, 11) is 1.78. The van der Waals surface area contributed by atoms with Crippen LogP contribution in [0.1, 0.15) is 47.0 Å². The molecule has 0 bridgehead atoms. The Labute approximate surface area is 114 Å². The lowest BCUT2D eigenvalue weighted by Gasteiger charge is -2.24. The van der Waals surface area contributed by atoms with Gasteiger partial charge in [0.1, 0.15) is 0 Å². The van der Waals surface area contributed by atoms with Crippen LogP contribution in [0.3, 0.4) is 0 Å². The van der Waals surface area contributed by atoms with Gasteiger partial charge >= 0.3 is 0 Å². The minimum absolute atomic E-state index is 0.647. The van der Waals surface area contributed by atoms with Crippen LogP contribution < -0.4 is 5.32 Å². The largest absolute Gasteiger partial charge is 0.383 e. The average molecular weight is 258 g/mol. The number of hydrogen-bond acceptors (Lipinski definition) is 3. The predicted molar refractivity (Wildman–Crippen MR) is 80.1 cm³/mol. The fourth-order valence-electron chi connectivity index (χ4n) is 2.15. The first-order valence-electron chi connectivity index (χ1n) is 7.54. The van der Waals surface area contributed by atoms with Gasteiger partial charge in [-0.1, -0.05) is 20.8 Å². The minimum atomic E-state index is 0.647. The van der Waals surface area contributed by atoms with E-state index in [-0.39, 0.29) is 0 Å². The number of rotatable bonds is 12.